The van der Waals surface area contributed by atoms with E-state index in [1.54, 1.807) is 0 Å². The normalized spacial score (nSPS) is 10.4. The first-order valence-corrected chi connectivity index (χ1v) is 6.24. The number of ether oxygens (including phenoxy) is 1. The van der Waals surface area contributed by atoms with E-state index in [1.807, 2.05) is 19.9 Å². The van der Waals surface area contributed by atoms with Crippen LogP contribution < -0.4 is 5.32 Å². The first kappa shape index (κ1) is 14.5. The van der Waals surface area contributed by atoms with Crippen LogP contribution in [0.25, 0.3) is 0 Å². The van der Waals surface area contributed by atoms with Gasteiger partial charge >= 0.3 is 0 Å². The van der Waals surface area contributed by atoms with Crippen LogP contribution in [0.4, 0.5) is 5.82 Å². The van der Waals surface area contributed by atoms with Gasteiger partial charge in [-0.15, -0.1) is 0 Å². The summed E-state index contributed by atoms with van der Waals surface area (Å²) in [4.78, 5) is 4.35. The topological polar surface area (TPSA) is 57.9 Å². The van der Waals surface area contributed by atoms with Crippen LogP contribution in [0.3, 0.4) is 0 Å². The molecule has 1 rings (SSSR count). The number of aromatic nitrogens is 1. The standard InChI is InChI=1S/C14H21N3O/c1-10(2)9-18-6-5-16-14-13(8-15)11(3)7-12(4)17-14/h7,10H,5-6,9H2,1-4H3,(H,16,17). The zero-order chi connectivity index (χ0) is 13.5. The molecule has 1 N–H and O–H groups in total. The summed E-state index contributed by atoms with van der Waals surface area (Å²) in [7, 11) is 0. The fourth-order valence-corrected chi connectivity index (χ4v) is 1.67. The SMILES string of the molecule is Cc1cc(C)c(C#N)c(NCCOCC(C)C)n1. The predicted molar refractivity (Wildman–Crippen MR) is 72.6 cm³/mol. The van der Waals surface area contributed by atoms with Crippen LogP contribution in [-0.2, 0) is 4.74 Å². The Kier molecular flexibility index (Phi) is 5.60. The van der Waals surface area contributed by atoms with E-state index in [0.29, 0.717) is 30.5 Å². The van der Waals surface area contributed by atoms with Crippen LogP contribution in [0.15, 0.2) is 6.07 Å². The highest BCUT2D eigenvalue weighted by molar-refractivity contribution is 5.56. The fraction of sp³-hybridized carbons (Fsp3) is 0.571. The Morgan fingerprint density at radius 2 is 2.17 bits per heavy atom. The number of aryl methyl sites for hydroxylation is 2. The zero-order valence-corrected chi connectivity index (χ0v) is 11.6. The van der Waals surface area contributed by atoms with Crippen LogP contribution in [-0.4, -0.2) is 24.7 Å². The average molecular weight is 247 g/mol. The van der Waals surface area contributed by atoms with Crippen LogP contribution in [0.1, 0.15) is 30.7 Å². The minimum atomic E-state index is 0.541. The van der Waals surface area contributed by atoms with Crippen molar-refractivity contribution in [2.24, 2.45) is 5.92 Å². The molecular formula is C14H21N3O. The number of nitrogens with one attached hydrogen (secondary N) is 1. The van der Waals surface area contributed by atoms with Crippen molar-refractivity contribution in [1.29, 1.82) is 5.26 Å². The summed E-state index contributed by atoms with van der Waals surface area (Å²) in [5, 5.41) is 12.3. The van der Waals surface area contributed by atoms with Crippen LogP contribution >= 0.6 is 0 Å². The molecule has 1 heterocycles. The lowest BCUT2D eigenvalue weighted by Crippen LogP contribution is -2.14. The lowest BCUT2D eigenvalue weighted by molar-refractivity contribution is 0.118. The molecule has 0 atom stereocenters. The summed E-state index contributed by atoms with van der Waals surface area (Å²) in [6.45, 7) is 10.1. The molecule has 0 aliphatic rings. The Morgan fingerprint density at radius 3 is 2.78 bits per heavy atom. The predicted octanol–water partition coefficient (Wildman–Crippen LogP) is 2.65. The highest BCUT2D eigenvalue weighted by Crippen LogP contribution is 2.17. The molecule has 0 spiro atoms. The van der Waals surface area contributed by atoms with Gasteiger partial charge in [-0.2, -0.15) is 5.26 Å². The van der Waals surface area contributed by atoms with Crippen molar-refractivity contribution in [2.75, 3.05) is 25.1 Å². The first-order valence-electron chi connectivity index (χ1n) is 6.24. The highest BCUT2D eigenvalue weighted by Gasteiger charge is 2.07. The molecular weight excluding hydrogens is 226 g/mol. The number of pyridine rings is 1. The quantitative estimate of drug-likeness (QED) is 0.785. The van der Waals surface area contributed by atoms with E-state index in [2.05, 4.69) is 30.2 Å². The summed E-state index contributed by atoms with van der Waals surface area (Å²) < 4.78 is 5.48. The molecule has 1 aromatic heterocycles. The summed E-state index contributed by atoms with van der Waals surface area (Å²) in [6, 6.07) is 4.10. The molecule has 0 fully saturated rings. The second-order valence-electron chi connectivity index (χ2n) is 4.81. The summed E-state index contributed by atoms with van der Waals surface area (Å²) in [6.07, 6.45) is 0. The zero-order valence-electron chi connectivity index (χ0n) is 11.6. The molecule has 1 aromatic rings. The van der Waals surface area contributed by atoms with E-state index in [-0.39, 0.29) is 0 Å². The van der Waals surface area contributed by atoms with E-state index in [9.17, 15) is 0 Å². The van der Waals surface area contributed by atoms with Crippen molar-refractivity contribution in [3.8, 4) is 6.07 Å². The van der Waals surface area contributed by atoms with Crippen LogP contribution in [0.5, 0.6) is 0 Å². The minimum Gasteiger partial charge on any atom is -0.379 e. The van der Waals surface area contributed by atoms with Gasteiger partial charge in [0, 0.05) is 18.8 Å². The van der Waals surface area contributed by atoms with Crippen molar-refractivity contribution >= 4 is 5.82 Å². The Bertz CT molecular complexity index is 435. The Hall–Kier alpha value is -1.60. The van der Waals surface area contributed by atoms with Crippen molar-refractivity contribution < 1.29 is 4.74 Å². The van der Waals surface area contributed by atoms with Gasteiger partial charge in [-0.25, -0.2) is 4.98 Å². The van der Waals surface area contributed by atoms with Crippen molar-refractivity contribution in [3.05, 3.63) is 22.9 Å². The van der Waals surface area contributed by atoms with Gasteiger partial charge in [0.1, 0.15) is 11.9 Å². The number of hydrogen-bond acceptors (Lipinski definition) is 4. The number of hydrogen-bond donors (Lipinski definition) is 1. The molecule has 4 heteroatoms. The number of anilines is 1. The molecule has 0 amide bonds. The average Bonchev–Trinajstić information content (AvgIpc) is 2.27. The smallest absolute Gasteiger partial charge is 0.144 e. The van der Waals surface area contributed by atoms with E-state index >= 15 is 0 Å². The number of nitrogens with zero attached hydrogens (tertiary/aromatic N) is 2. The molecule has 0 aromatic carbocycles. The maximum absolute atomic E-state index is 9.10. The van der Waals surface area contributed by atoms with Gasteiger partial charge in [0.15, 0.2) is 0 Å². The molecule has 18 heavy (non-hydrogen) atoms. The monoisotopic (exact) mass is 247 g/mol. The van der Waals surface area contributed by atoms with Gasteiger partial charge in [-0.05, 0) is 31.4 Å². The lowest BCUT2D eigenvalue weighted by atomic mass is 10.1. The van der Waals surface area contributed by atoms with E-state index in [0.717, 1.165) is 17.9 Å². The number of nitriles is 1. The summed E-state index contributed by atoms with van der Waals surface area (Å²) in [5.41, 5.74) is 2.48. The fourth-order valence-electron chi connectivity index (χ4n) is 1.67. The van der Waals surface area contributed by atoms with Crippen molar-refractivity contribution in [1.82, 2.24) is 4.98 Å². The van der Waals surface area contributed by atoms with Gasteiger partial charge in [0.2, 0.25) is 0 Å². The van der Waals surface area contributed by atoms with Gasteiger partial charge in [0.05, 0.1) is 12.2 Å². The molecule has 0 saturated heterocycles. The first-order chi connectivity index (χ1) is 8.54. The third-order valence-electron chi connectivity index (χ3n) is 2.45. The molecule has 0 unspecified atom stereocenters. The third kappa shape index (κ3) is 4.34. The highest BCUT2D eigenvalue weighted by atomic mass is 16.5. The van der Waals surface area contributed by atoms with E-state index in [4.69, 9.17) is 10.00 Å². The van der Waals surface area contributed by atoms with Gasteiger partial charge in [-0.1, -0.05) is 13.8 Å². The maximum atomic E-state index is 9.10. The molecule has 0 bridgehead atoms. The van der Waals surface area contributed by atoms with Gasteiger partial charge in [-0.3, -0.25) is 0 Å². The molecule has 4 nitrogen and oxygen atoms in total. The van der Waals surface area contributed by atoms with Gasteiger partial charge < -0.3 is 10.1 Å². The summed E-state index contributed by atoms with van der Waals surface area (Å²) in [5.74, 6) is 1.20. The van der Waals surface area contributed by atoms with Crippen molar-refractivity contribution in [3.63, 3.8) is 0 Å². The van der Waals surface area contributed by atoms with Crippen LogP contribution in [0.2, 0.25) is 0 Å². The maximum Gasteiger partial charge on any atom is 0.144 e. The molecule has 0 saturated carbocycles. The van der Waals surface area contributed by atoms with E-state index < -0.39 is 0 Å². The number of rotatable bonds is 6. The lowest BCUT2D eigenvalue weighted by Gasteiger charge is -2.11. The van der Waals surface area contributed by atoms with Gasteiger partial charge in [0.25, 0.3) is 0 Å². The second kappa shape index (κ2) is 6.97. The minimum absolute atomic E-state index is 0.541. The molecule has 0 aliphatic heterocycles. The van der Waals surface area contributed by atoms with Crippen LogP contribution in [0, 0.1) is 31.1 Å². The molecule has 0 aliphatic carbocycles. The Morgan fingerprint density at radius 1 is 1.44 bits per heavy atom. The molecule has 98 valence electrons. The Balaban J connectivity index is 2.54. The van der Waals surface area contributed by atoms with E-state index in [1.165, 1.54) is 0 Å². The second-order valence-corrected chi connectivity index (χ2v) is 4.81. The Labute approximate surface area is 109 Å². The third-order valence-corrected chi connectivity index (χ3v) is 2.45. The largest absolute Gasteiger partial charge is 0.379 e. The van der Waals surface area contributed by atoms with Crippen molar-refractivity contribution in [2.45, 2.75) is 27.7 Å². The summed E-state index contributed by atoms with van der Waals surface area (Å²) >= 11 is 0. The molecule has 0 radical (unpaired) electrons.